The second-order valence-electron chi connectivity index (χ2n) is 6.96. The highest BCUT2D eigenvalue weighted by molar-refractivity contribution is 6.06. The summed E-state index contributed by atoms with van der Waals surface area (Å²) in [6, 6.07) is 17.7. The minimum absolute atomic E-state index is 0.159. The Morgan fingerprint density at radius 2 is 1.67 bits per heavy atom. The summed E-state index contributed by atoms with van der Waals surface area (Å²) in [6.45, 7) is 2.64. The van der Waals surface area contributed by atoms with Crippen molar-refractivity contribution in [3.8, 4) is 0 Å². The van der Waals surface area contributed by atoms with E-state index in [4.69, 9.17) is 0 Å². The van der Waals surface area contributed by atoms with Gasteiger partial charge in [-0.3, -0.25) is 14.5 Å². The minimum atomic E-state index is -0.179. The maximum absolute atomic E-state index is 12.9. The number of aromatic amines is 1. The van der Waals surface area contributed by atoms with Crippen molar-refractivity contribution in [1.82, 2.24) is 15.2 Å². The van der Waals surface area contributed by atoms with Gasteiger partial charge < -0.3 is 10.3 Å². The third kappa shape index (κ3) is 3.64. The van der Waals surface area contributed by atoms with Gasteiger partial charge in [-0.15, -0.1) is 0 Å². The fourth-order valence-corrected chi connectivity index (χ4v) is 3.87. The number of hydrogen-bond donors (Lipinski definition) is 2. The van der Waals surface area contributed by atoms with Crippen LogP contribution in [-0.4, -0.2) is 35.4 Å². The number of carbonyl (C=O) groups is 1. The SMILES string of the molecule is O=C(NC[C@@H](c1ccccc1)N1CCCC1)c1c[nH]c(=O)c2ccccc12. The van der Waals surface area contributed by atoms with Crippen LogP contribution < -0.4 is 10.9 Å². The fourth-order valence-electron chi connectivity index (χ4n) is 3.87. The Morgan fingerprint density at radius 3 is 2.41 bits per heavy atom. The van der Waals surface area contributed by atoms with E-state index in [-0.39, 0.29) is 17.5 Å². The van der Waals surface area contributed by atoms with Gasteiger partial charge in [-0.25, -0.2) is 0 Å². The number of benzene rings is 2. The molecule has 0 spiro atoms. The number of aromatic nitrogens is 1. The van der Waals surface area contributed by atoms with E-state index in [0.717, 1.165) is 13.1 Å². The van der Waals surface area contributed by atoms with Gasteiger partial charge in [0.25, 0.3) is 11.5 Å². The summed E-state index contributed by atoms with van der Waals surface area (Å²) < 4.78 is 0. The van der Waals surface area contributed by atoms with Crippen LogP contribution in [0.1, 0.15) is 34.8 Å². The highest BCUT2D eigenvalue weighted by Gasteiger charge is 2.24. The first-order valence-corrected chi connectivity index (χ1v) is 9.41. The van der Waals surface area contributed by atoms with Crippen LogP contribution in [0.2, 0.25) is 0 Å². The van der Waals surface area contributed by atoms with Gasteiger partial charge in [0.1, 0.15) is 0 Å². The third-order valence-electron chi connectivity index (χ3n) is 5.28. The molecule has 1 atom stereocenters. The van der Waals surface area contributed by atoms with Crippen LogP contribution in [0.4, 0.5) is 0 Å². The number of rotatable bonds is 5. The average molecular weight is 361 g/mol. The first kappa shape index (κ1) is 17.5. The van der Waals surface area contributed by atoms with E-state index < -0.39 is 0 Å². The van der Waals surface area contributed by atoms with E-state index in [1.807, 2.05) is 30.3 Å². The molecule has 1 aromatic heterocycles. The zero-order valence-corrected chi connectivity index (χ0v) is 15.2. The van der Waals surface area contributed by atoms with Crippen molar-refractivity contribution in [2.24, 2.45) is 0 Å². The number of carbonyl (C=O) groups excluding carboxylic acids is 1. The molecular formula is C22H23N3O2. The van der Waals surface area contributed by atoms with E-state index in [9.17, 15) is 9.59 Å². The summed E-state index contributed by atoms with van der Waals surface area (Å²) >= 11 is 0. The molecule has 5 nitrogen and oxygen atoms in total. The monoisotopic (exact) mass is 361 g/mol. The zero-order chi connectivity index (χ0) is 18.6. The predicted octanol–water partition coefficient (Wildman–Crippen LogP) is 3.10. The maximum Gasteiger partial charge on any atom is 0.255 e. The molecule has 0 aliphatic carbocycles. The van der Waals surface area contributed by atoms with E-state index in [2.05, 4.69) is 27.3 Å². The molecule has 1 aliphatic rings. The predicted molar refractivity (Wildman–Crippen MR) is 107 cm³/mol. The van der Waals surface area contributed by atoms with Gasteiger partial charge in [-0.05, 0) is 37.6 Å². The normalized spacial score (nSPS) is 15.7. The Labute approximate surface area is 158 Å². The molecule has 3 aromatic rings. The summed E-state index contributed by atoms with van der Waals surface area (Å²) in [6.07, 6.45) is 3.90. The van der Waals surface area contributed by atoms with Crippen molar-refractivity contribution >= 4 is 16.7 Å². The number of H-pyrrole nitrogens is 1. The molecule has 0 unspecified atom stereocenters. The first-order chi connectivity index (χ1) is 13.2. The van der Waals surface area contributed by atoms with Crippen LogP contribution in [0, 0.1) is 0 Å². The van der Waals surface area contributed by atoms with Gasteiger partial charge in [-0.1, -0.05) is 48.5 Å². The number of hydrogen-bond acceptors (Lipinski definition) is 3. The second kappa shape index (κ2) is 7.76. The molecule has 27 heavy (non-hydrogen) atoms. The lowest BCUT2D eigenvalue weighted by Crippen LogP contribution is -2.37. The Balaban J connectivity index is 1.57. The number of amides is 1. The molecule has 0 saturated carbocycles. The lowest BCUT2D eigenvalue weighted by molar-refractivity contribution is 0.0939. The molecule has 1 aliphatic heterocycles. The molecule has 2 N–H and O–H groups in total. The molecule has 1 fully saturated rings. The number of likely N-dealkylation sites (tertiary alicyclic amines) is 1. The summed E-state index contributed by atoms with van der Waals surface area (Å²) in [5, 5.41) is 4.29. The Hall–Kier alpha value is -2.92. The molecule has 1 amide bonds. The Kier molecular flexibility index (Phi) is 5.03. The number of pyridine rings is 1. The van der Waals surface area contributed by atoms with E-state index >= 15 is 0 Å². The number of nitrogens with one attached hydrogen (secondary N) is 2. The largest absolute Gasteiger partial charge is 0.350 e. The Morgan fingerprint density at radius 1 is 1.00 bits per heavy atom. The van der Waals surface area contributed by atoms with Crippen molar-refractivity contribution in [3.05, 3.63) is 82.3 Å². The highest BCUT2D eigenvalue weighted by Crippen LogP contribution is 2.24. The molecule has 2 heterocycles. The molecule has 0 bridgehead atoms. The fraction of sp³-hybridized carbons (Fsp3) is 0.273. The summed E-state index contributed by atoms with van der Waals surface area (Å²) in [7, 11) is 0. The highest BCUT2D eigenvalue weighted by atomic mass is 16.1. The van der Waals surface area contributed by atoms with Crippen LogP contribution in [0.3, 0.4) is 0 Å². The standard InChI is InChI=1S/C22H23N3O2/c26-21-18-11-5-4-10-17(18)19(14-23-21)22(27)24-15-20(25-12-6-7-13-25)16-8-2-1-3-9-16/h1-5,8-11,14,20H,6-7,12-13,15H2,(H,23,26)(H,24,27)/t20-/m0/s1. The van der Waals surface area contributed by atoms with Crippen LogP contribution in [0.25, 0.3) is 10.8 Å². The molecule has 2 aromatic carbocycles. The zero-order valence-electron chi connectivity index (χ0n) is 15.2. The van der Waals surface area contributed by atoms with E-state index in [1.165, 1.54) is 24.6 Å². The van der Waals surface area contributed by atoms with Crippen molar-refractivity contribution in [2.75, 3.05) is 19.6 Å². The van der Waals surface area contributed by atoms with Crippen molar-refractivity contribution in [1.29, 1.82) is 0 Å². The van der Waals surface area contributed by atoms with Crippen LogP contribution in [-0.2, 0) is 0 Å². The molecule has 4 rings (SSSR count). The summed E-state index contributed by atoms with van der Waals surface area (Å²) in [4.78, 5) is 30.0. The Bertz CT molecular complexity index is 991. The lowest BCUT2D eigenvalue weighted by atomic mass is 10.0. The first-order valence-electron chi connectivity index (χ1n) is 9.41. The summed E-state index contributed by atoms with van der Waals surface area (Å²) in [5.74, 6) is -0.164. The van der Waals surface area contributed by atoms with Crippen LogP contribution in [0.15, 0.2) is 65.6 Å². The summed E-state index contributed by atoms with van der Waals surface area (Å²) in [5.41, 5.74) is 1.53. The van der Waals surface area contributed by atoms with Gasteiger partial charge in [0.15, 0.2) is 0 Å². The minimum Gasteiger partial charge on any atom is -0.350 e. The number of nitrogens with zero attached hydrogens (tertiary/aromatic N) is 1. The maximum atomic E-state index is 12.9. The van der Waals surface area contributed by atoms with Crippen molar-refractivity contribution in [2.45, 2.75) is 18.9 Å². The van der Waals surface area contributed by atoms with Gasteiger partial charge in [0.05, 0.1) is 11.6 Å². The van der Waals surface area contributed by atoms with Crippen LogP contribution >= 0.6 is 0 Å². The van der Waals surface area contributed by atoms with Gasteiger partial charge in [0, 0.05) is 23.5 Å². The second-order valence-corrected chi connectivity index (χ2v) is 6.96. The quantitative estimate of drug-likeness (QED) is 0.734. The molecular weight excluding hydrogens is 338 g/mol. The number of fused-ring (bicyclic) bond motifs is 1. The van der Waals surface area contributed by atoms with Crippen LogP contribution in [0.5, 0.6) is 0 Å². The van der Waals surface area contributed by atoms with Crippen molar-refractivity contribution in [3.63, 3.8) is 0 Å². The van der Waals surface area contributed by atoms with E-state index in [1.54, 1.807) is 12.1 Å². The third-order valence-corrected chi connectivity index (χ3v) is 5.28. The average Bonchev–Trinajstić information content (AvgIpc) is 3.24. The molecule has 1 saturated heterocycles. The topological polar surface area (TPSA) is 65.2 Å². The van der Waals surface area contributed by atoms with Crippen molar-refractivity contribution < 1.29 is 4.79 Å². The molecule has 0 radical (unpaired) electrons. The van der Waals surface area contributed by atoms with Gasteiger partial charge in [0.2, 0.25) is 0 Å². The molecule has 138 valence electrons. The lowest BCUT2D eigenvalue weighted by Gasteiger charge is -2.28. The van der Waals surface area contributed by atoms with Gasteiger partial charge >= 0.3 is 0 Å². The van der Waals surface area contributed by atoms with E-state index in [0.29, 0.717) is 22.9 Å². The van der Waals surface area contributed by atoms with Gasteiger partial charge in [-0.2, -0.15) is 0 Å². The molecule has 5 heteroatoms. The smallest absolute Gasteiger partial charge is 0.255 e.